The van der Waals surface area contributed by atoms with Crippen LogP contribution in [0.25, 0.3) is 0 Å². The fourth-order valence-electron chi connectivity index (χ4n) is 2.61. The maximum atomic E-state index is 6.09. The highest BCUT2D eigenvalue weighted by Crippen LogP contribution is 2.37. The van der Waals surface area contributed by atoms with Crippen molar-refractivity contribution in [1.82, 2.24) is 14.8 Å². The van der Waals surface area contributed by atoms with Gasteiger partial charge in [-0.15, -0.1) is 5.10 Å². The third-order valence-corrected chi connectivity index (χ3v) is 4.31. The lowest BCUT2D eigenvalue weighted by atomic mass is 9.96. The molecule has 2 aromatic rings. The van der Waals surface area contributed by atoms with Gasteiger partial charge in [-0.2, -0.15) is 4.98 Å². The fraction of sp³-hybridized carbons (Fsp3) is 0.385. The summed E-state index contributed by atoms with van der Waals surface area (Å²) in [6, 6.07) is 5.66. The number of anilines is 1. The van der Waals surface area contributed by atoms with Crippen LogP contribution in [0.5, 0.6) is 0 Å². The number of fused-ring (bicyclic) bond motifs is 1. The number of benzene rings is 1. The van der Waals surface area contributed by atoms with Crippen LogP contribution in [0, 0.1) is 0 Å². The summed E-state index contributed by atoms with van der Waals surface area (Å²) < 4.78 is 7.26. The number of hydrogen-bond acceptors (Lipinski definition) is 4. The van der Waals surface area contributed by atoms with E-state index in [2.05, 4.69) is 10.1 Å². The standard InChI is InChI=1S/C13H14Cl2N4O/c1-20-11-5-4-10(19-12(11)17-13(16)18-19)7-2-3-8(14)9(15)6-7/h2-3,6,10-11H,4-5H2,1H3,(H2,16,18). The zero-order valence-corrected chi connectivity index (χ0v) is 12.4. The first-order chi connectivity index (χ1) is 9.60. The van der Waals surface area contributed by atoms with Crippen LogP contribution in [-0.4, -0.2) is 21.9 Å². The zero-order chi connectivity index (χ0) is 14.3. The summed E-state index contributed by atoms with van der Waals surface area (Å²) in [7, 11) is 1.67. The van der Waals surface area contributed by atoms with Crippen LogP contribution in [0.2, 0.25) is 10.0 Å². The van der Waals surface area contributed by atoms with Gasteiger partial charge in [0, 0.05) is 7.11 Å². The molecule has 1 aliphatic heterocycles. The van der Waals surface area contributed by atoms with Crippen LogP contribution in [0.1, 0.15) is 36.4 Å². The quantitative estimate of drug-likeness (QED) is 0.924. The van der Waals surface area contributed by atoms with E-state index in [-0.39, 0.29) is 18.1 Å². The van der Waals surface area contributed by atoms with Crippen molar-refractivity contribution >= 4 is 29.2 Å². The van der Waals surface area contributed by atoms with Gasteiger partial charge in [-0.1, -0.05) is 29.3 Å². The van der Waals surface area contributed by atoms with Gasteiger partial charge < -0.3 is 10.5 Å². The van der Waals surface area contributed by atoms with Gasteiger partial charge in [0.15, 0.2) is 5.82 Å². The summed E-state index contributed by atoms with van der Waals surface area (Å²) in [6.07, 6.45) is 1.67. The average molecular weight is 313 g/mol. The Bertz CT molecular complexity index is 643. The molecule has 0 aliphatic carbocycles. The van der Waals surface area contributed by atoms with Crippen molar-refractivity contribution < 1.29 is 4.74 Å². The van der Waals surface area contributed by atoms with E-state index in [1.54, 1.807) is 13.2 Å². The fourth-order valence-corrected chi connectivity index (χ4v) is 2.92. The van der Waals surface area contributed by atoms with Gasteiger partial charge in [0.05, 0.1) is 16.1 Å². The summed E-state index contributed by atoms with van der Waals surface area (Å²) in [5, 5.41) is 5.36. The van der Waals surface area contributed by atoms with E-state index >= 15 is 0 Å². The molecular formula is C13H14Cl2N4O. The number of hydrogen-bond donors (Lipinski definition) is 1. The molecule has 0 radical (unpaired) electrons. The Morgan fingerprint density at radius 1 is 1.30 bits per heavy atom. The largest absolute Gasteiger partial charge is 0.373 e. The van der Waals surface area contributed by atoms with Crippen LogP contribution in [0.3, 0.4) is 0 Å². The zero-order valence-electron chi connectivity index (χ0n) is 10.9. The average Bonchev–Trinajstić information content (AvgIpc) is 2.82. The molecular weight excluding hydrogens is 299 g/mol. The minimum absolute atomic E-state index is 0.0518. The lowest BCUT2D eigenvalue weighted by molar-refractivity contribution is 0.0649. The summed E-state index contributed by atoms with van der Waals surface area (Å²) in [6.45, 7) is 0. The Hall–Kier alpha value is -1.30. The topological polar surface area (TPSA) is 66.0 Å². The first-order valence-electron chi connectivity index (χ1n) is 6.30. The Kier molecular flexibility index (Phi) is 3.58. The van der Waals surface area contributed by atoms with E-state index in [0.29, 0.717) is 10.0 Å². The molecule has 2 unspecified atom stereocenters. The Morgan fingerprint density at radius 2 is 2.10 bits per heavy atom. The van der Waals surface area contributed by atoms with Crippen molar-refractivity contribution in [3.63, 3.8) is 0 Å². The van der Waals surface area contributed by atoms with E-state index in [0.717, 1.165) is 24.2 Å². The third-order valence-electron chi connectivity index (χ3n) is 3.57. The lowest BCUT2D eigenvalue weighted by Crippen LogP contribution is -2.24. The molecule has 1 aromatic heterocycles. The maximum Gasteiger partial charge on any atom is 0.239 e. The Labute approximate surface area is 126 Å². The normalized spacial score (nSPS) is 21.8. The van der Waals surface area contributed by atoms with E-state index in [1.807, 2.05) is 16.8 Å². The monoisotopic (exact) mass is 312 g/mol. The molecule has 5 nitrogen and oxygen atoms in total. The molecule has 7 heteroatoms. The molecule has 1 aromatic carbocycles. The predicted molar refractivity (Wildman–Crippen MR) is 78.0 cm³/mol. The second-order valence-electron chi connectivity index (χ2n) is 4.76. The predicted octanol–water partition coefficient (Wildman–Crippen LogP) is 3.24. The number of methoxy groups -OCH3 is 1. The highest BCUT2D eigenvalue weighted by atomic mass is 35.5. The summed E-state index contributed by atoms with van der Waals surface area (Å²) in [4.78, 5) is 4.26. The van der Waals surface area contributed by atoms with Gasteiger partial charge in [-0.05, 0) is 30.5 Å². The van der Waals surface area contributed by atoms with Crippen LogP contribution >= 0.6 is 23.2 Å². The Balaban J connectivity index is 2.04. The number of nitrogen functional groups attached to an aromatic ring is 1. The second-order valence-corrected chi connectivity index (χ2v) is 5.58. The van der Waals surface area contributed by atoms with Crippen LogP contribution < -0.4 is 5.73 Å². The van der Waals surface area contributed by atoms with Crippen molar-refractivity contribution in [2.24, 2.45) is 0 Å². The number of nitrogens with two attached hydrogens (primary N) is 1. The summed E-state index contributed by atoms with van der Waals surface area (Å²) in [5.41, 5.74) is 6.77. The van der Waals surface area contributed by atoms with Crippen molar-refractivity contribution in [3.05, 3.63) is 39.6 Å². The molecule has 0 saturated carbocycles. The van der Waals surface area contributed by atoms with E-state index in [1.165, 1.54) is 0 Å². The minimum Gasteiger partial charge on any atom is -0.373 e. The number of halogens is 2. The minimum atomic E-state index is -0.0705. The summed E-state index contributed by atoms with van der Waals surface area (Å²) >= 11 is 12.1. The molecule has 2 heterocycles. The summed E-state index contributed by atoms with van der Waals surface area (Å²) in [5.74, 6) is 1.02. The molecule has 1 aliphatic rings. The van der Waals surface area contributed by atoms with E-state index in [4.69, 9.17) is 33.7 Å². The molecule has 0 saturated heterocycles. The van der Waals surface area contributed by atoms with Gasteiger partial charge in [0.25, 0.3) is 0 Å². The Morgan fingerprint density at radius 3 is 2.80 bits per heavy atom. The number of ether oxygens (including phenoxy) is 1. The molecule has 0 bridgehead atoms. The van der Waals surface area contributed by atoms with Crippen molar-refractivity contribution in [2.75, 3.05) is 12.8 Å². The van der Waals surface area contributed by atoms with Gasteiger partial charge in [-0.3, -0.25) is 0 Å². The molecule has 20 heavy (non-hydrogen) atoms. The number of aromatic nitrogens is 3. The second kappa shape index (κ2) is 5.24. The molecule has 0 fully saturated rings. The number of nitrogens with zero attached hydrogens (tertiary/aromatic N) is 3. The lowest BCUT2D eigenvalue weighted by Gasteiger charge is -2.28. The highest BCUT2D eigenvalue weighted by molar-refractivity contribution is 6.42. The van der Waals surface area contributed by atoms with Crippen LogP contribution in [0.4, 0.5) is 5.95 Å². The van der Waals surface area contributed by atoms with Gasteiger partial charge in [0.2, 0.25) is 5.95 Å². The molecule has 0 spiro atoms. The van der Waals surface area contributed by atoms with Crippen molar-refractivity contribution in [1.29, 1.82) is 0 Å². The molecule has 3 rings (SSSR count). The smallest absolute Gasteiger partial charge is 0.239 e. The maximum absolute atomic E-state index is 6.09. The molecule has 2 N–H and O–H groups in total. The molecule has 106 valence electrons. The van der Waals surface area contributed by atoms with Crippen molar-refractivity contribution in [3.8, 4) is 0 Å². The van der Waals surface area contributed by atoms with Gasteiger partial charge >= 0.3 is 0 Å². The highest BCUT2D eigenvalue weighted by Gasteiger charge is 2.31. The number of rotatable bonds is 2. The molecule has 0 amide bonds. The van der Waals surface area contributed by atoms with Gasteiger partial charge in [-0.25, -0.2) is 4.68 Å². The van der Waals surface area contributed by atoms with Crippen LogP contribution in [-0.2, 0) is 4.74 Å². The first kappa shape index (κ1) is 13.7. The van der Waals surface area contributed by atoms with E-state index in [9.17, 15) is 0 Å². The van der Waals surface area contributed by atoms with Gasteiger partial charge in [0.1, 0.15) is 6.10 Å². The van der Waals surface area contributed by atoms with E-state index < -0.39 is 0 Å². The van der Waals surface area contributed by atoms with Crippen molar-refractivity contribution in [2.45, 2.75) is 25.0 Å². The third kappa shape index (κ3) is 2.26. The SMILES string of the molecule is COC1CCC(c2ccc(Cl)c(Cl)c2)n2nc(N)nc21. The molecule has 2 atom stereocenters. The first-order valence-corrected chi connectivity index (χ1v) is 7.05. The van der Waals surface area contributed by atoms with Crippen LogP contribution in [0.15, 0.2) is 18.2 Å².